The van der Waals surface area contributed by atoms with E-state index >= 15 is 0 Å². The van der Waals surface area contributed by atoms with Crippen molar-refractivity contribution in [1.29, 1.82) is 0 Å². The fraction of sp³-hybridized carbons (Fsp3) is 0.100. The first kappa shape index (κ1) is 24.7. The molecule has 1 aliphatic carbocycles. The summed E-state index contributed by atoms with van der Waals surface area (Å²) in [5.74, 6) is 0. The monoisotopic (exact) mass is 540 g/mol. The minimum atomic E-state index is -0.00505. The largest absolute Gasteiger partial charge is 0.345 e. The van der Waals surface area contributed by atoms with E-state index < -0.39 is 0 Å². The molecule has 0 fully saturated rings. The Kier molecular flexibility index (Phi) is 5.42. The molecule has 0 amide bonds. The summed E-state index contributed by atoms with van der Waals surface area (Å²) < 4.78 is 2.36. The van der Waals surface area contributed by atoms with Gasteiger partial charge in [-0.1, -0.05) is 98.8 Å². The Morgan fingerprint density at radius 3 is 1.98 bits per heavy atom. The molecule has 0 bridgehead atoms. The van der Waals surface area contributed by atoms with Gasteiger partial charge in [0.05, 0.1) is 11.0 Å². The topological polar surface area (TPSA) is 8.17 Å². The summed E-state index contributed by atoms with van der Waals surface area (Å²) in [5.41, 5.74) is 14.0. The molecule has 0 spiro atoms. The molecular formula is C40H32N2. The smallest absolute Gasteiger partial charge is 0.0541 e. The average Bonchev–Trinajstić information content (AvgIpc) is 3.49. The van der Waals surface area contributed by atoms with Gasteiger partial charge in [0, 0.05) is 40.3 Å². The molecule has 0 radical (unpaired) electrons. The third-order valence-corrected chi connectivity index (χ3v) is 9.23. The molecule has 2 heteroatoms. The van der Waals surface area contributed by atoms with Gasteiger partial charge in [-0.15, -0.1) is 0 Å². The molecule has 2 nitrogen and oxygen atoms in total. The standard InChI is InChI=1S/C40H32N2/c1-40(2)36-15-9-7-13-32(36)33-23-22-31(26-37(33)40)41(3)29-20-17-27(18-21-29)28-19-24-39-35(25-28)34-14-8-10-16-38(34)42(39)30-11-5-4-6-12-30/h4-26H,1-3H3. The second kappa shape index (κ2) is 9.22. The van der Waals surface area contributed by atoms with Gasteiger partial charge in [-0.25, -0.2) is 0 Å². The number of fused-ring (bicyclic) bond motifs is 6. The number of benzene rings is 6. The number of rotatable bonds is 4. The number of hydrogen-bond acceptors (Lipinski definition) is 1. The van der Waals surface area contributed by atoms with Crippen LogP contribution in [0.15, 0.2) is 140 Å². The average molecular weight is 541 g/mol. The van der Waals surface area contributed by atoms with Gasteiger partial charge < -0.3 is 9.47 Å². The molecule has 202 valence electrons. The number of aromatic nitrogens is 1. The van der Waals surface area contributed by atoms with Crippen LogP contribution in [-0.2, 0) is 5.41 Å². The van der Waals surface area contributed by atoms with Gasteiger partial charge in [0.25, 0.3) is 0 Å². The van der Waals surface area contributed by atoms with Gasteiger partial charge in [0.1, 0.15) is 0 Å². The van der Waals surface area contributed by atoms with E-state index in [0.29, 0.717) is 0 Å². The first-order valence-electron chi connectivity index (χ1n) is 14.7. The van der Waals surface area contributed by atoms with Crippen molar-refractivity contribution in [1.82, 2.24) is 4.57 Å². The Labute approximate surface area is 247 Å². The summed E-state index contributed by atoms with van der Waals surface area (Å²) in [5, 5.41) is 2.55. The van der Waals surface area contributed by atoms with Crippen LogP contribution in [0.5, 0.6) is 0 Å². The van der Waals surface area contributed by atoms with E-state index in [1.165, 1.54) is 72.2 Å². The second-order valence-electron chi connectivity index (χ2n) is 11.9. The van der Waals surface area contributed by atoms with Gasteiger partial charge in [-0.2, -0.15) is 0 Å². The van der Waals surface area contributed by atoms with E-state index in [0.717, 1.165) is 0 Å². The summed E-state index contributed by atoms with van der Waals surface area (Å²) >= 11 is 0. The molecule has 0 unspecified atom stereocenters. The minimum absolute atomic E-state index is 0.00505. The molecule has 0 atom stereocenters. The summed E-state index contributed by atoms with van der Waals surface area (Å²) in [6, 6.07) is 50.9. The molecule has 0 saturated heterocycles. The predicted molar refractivity (Wildman–Crippen MR) is 178 cm³/mol. The quantitative estimate of drug-likeness (QED) is 0.216. The molecule has 1 aromatic heterocycles. The summed E-state index contributed by atoms with van der Waals surface area (Å²) in [4.78, 5) is 2.29. The zero-order valence-electron chi connectivity index (χ0n) is 24.2. The van der Waals surface area contributed by atoms with Crippen molar-refractivity contribution >= 4 is 33.2 Å². The summed E-state index contributed by atoms with van der Waals surface area (Å²) in [6.45, 7) is 4.68. The summed E-state index contributed by atoms with van der Waals surface area (Å²) in [7, 11) is 2.16. The predicted octanol–water partition coefficient (Wildman–Crippen LogP) is 10.5. The van der Waals surface area contributed by atoms with E-state index in [1.54, 1.807) is 0 Å². The van der Waals surface area contributed by atoms with Gasteiger partial charge in [0.2, 0.25) is 0 Å². The fourth-order valence-electron chi connectivity index (χ4n) is 6.94. The molecule has 7 aromatic rings. The Bertz CT molecular complexity index is 2110. The van der Waals surface area contributed by atoms with Crippen molar-refractivity contribution in [3.8, 4) is 27.9 Å². The van der Waals surface area contributed by atoms with Crippen molar-refractivity contribution in [2.45, 2.75) is 19.3 Å². The lowest BCUT2D eigenvalue weighted by molar-refractivity contribution is 0.660. The lowest BCUT2D eigenvalue weighted by Gasteiger charge is -2.25. The first-order chi connectivity index (χ1) is 20.5. The van der Waals surface area contributed by atoms with Crippen LogP contribution in [0, 0.1) is 0 Å². The van der Waals surface area contributed by atoms with Gasteiger partial charge in [0.15, 0.2) is 0 Å². The summed E-state index contributed by atoms with van der Waals surface area (Å²) in [6.07, 6.45) is 0. The Morgan fingerprint density at radius 2 is 1.14 bits per heavy atom. The van der Waals surface area contributed by atoms with Crippen molar-refractivity contribution in [2.75, 3.05) is 11.9 Å². The number of nitrogens with zero attached hydrogens (tertiary/aromatic N) is 2. The maximum absolute atomic E-state index is 2.37. The van der Waals surface area contributed by atoms with Gasteiger partial charge >= 0.3 is 0 Å². The first-order valence-corrected chi connectivity index (χ1v) is 14.7. The van der Waals surface area contributed by atoms with Crippen LogP contribution in [-0.4, -0.2) is 11.6 Å². The van der Waals surface area contributed by atoms with Crippen molar-refractivity contribution in [3.05, 3.63) is 151 Å². The molecule has 1 aliphatic rings. The number of anilines is 2. The lowest BCUT2D eigenvalue weighted by atomic mass is 9.82. The maximum Gasteiger partial charge on any atom is 0.0541 e. The molecule has 6 aromatic carbocycles. The van der Waals surface area contributed by atoms with E-state index in [-0.39, 0.29) is 5.41 Å². The highest BCUT2D eigenvalue weighted by Crippen LogP contribution is 2.49. The van der Waals surface area contributed by atoms with Crippen LogP contribution in [0.3, 0.4) is 0 Å². The number of para-hydroxylation sites is 2. The van der Waals surface area contributed by atoms with Crippen LogP contribution in [0.25, 0.3) is 49.7 Å². The zero-order chi connectivity index (χ0) is 28.4. The molecule has 1 heterocycles. The molecule has 0 aliphatic heterocycles. The van der Waals surface area contributed by atoms with Crippen LogP contribution in [0.2, 0.25) is 0 Å². The van der Waals surface area contributed by atoms with Crippen LogP contribution < -0.4 is 4.90 Å². The van der Waals surface area contributed by atoms with Crippen molar-refractivity contribution < 1.29 is 0 Å². The van der Waals surface area contributed by atoms with E-state index in [4.69, 9.17) is 0 Å². The molecule has 42 heavy (non-hydrogen) atoms. The zero-order valence-corrected chi connectivity index (χ0v) is 24.2. The molecule has 8 rings (SSSR count). The highest BCUT2D eigenvalue weighted by atomic mass is 15.1. The highest BCUT2D eigenvalue weighted by Gasteiger charge is 2.35. The Hall–Kier alpha value is -5.08. The Balaban J connectivity index is 1.14. The SMILES string of the molecule is CN(c1ccc(-c2ccc3c(c2)c2ccccc2n3-c2ccccc2)cc1)c1ccc2c(c1)C(C)(C)c1ccccc1-2. The third kappa shape index (κ3) is 3.65. The second-order valence-corrected chi connectivity index (χ2v) is 11.9. The van der Waals surface area contributed by atoms with Crippen molar-refractivity contribution in [2.24, 2.45) is 0 Å². The third-order valence-electron chi connectivity index (χ3n) is 9.23. The molecular weight excluding hydrogens is 508 g/mol. The normalized spacial score (nSPS) is 13.3. The molecule has 0 saturated carbocycles. The molecule has 0 N–H and O–H groups in total. The van der Waals surface area contributed by atoms with E-state index in [1.807, 2.05) is 0 Å². The van der Waals surface area contributed by atoms with Gasteiger partial charge in [-0.05, 0) is 88.0 Å². The van der Waals surface area contributed by atoms with Gasteiger partial charge in [-0.3, -0.25) is 0 Å². The maximum atomic E-state index is 2.37. The van der Waals surface area contributed by atoms with E-state index in [9.17, 15) is 0 Å². The van der Waals surface area contributed by atoms with E-state index in [2.05, 4.69) is 170 Å². The lowest BCUT2D eigenvalue weighted by Crippen LogP contribution is -2.16. The fourth-order valence-corrected chi connectivity index (χ4v) is 6.94. The minimum Gasteiger partial charge on any atom is -0.345 e. The number of hydrogen-bond donors (Lipinski definition) is 0. The highest BCUT2D eigenvalue weighted by molar-refractivity contribution is 6.10. The van der Waals surface area contributed by atoms with Crippen LogP contribution in [0.4, 0.5) is 11.4 Å². The van der Waals surface area contributed by atoms with Crippen molar-refractivity contribution in [3.63, 3.8) is 0 Å². The van der Waals surface area contributed by atoms with Crippen LogP contribution >= 0.6 is 0 Å². The van der Waals surface area contributed by atoms with Crippen LogP contribution in [0.1, 0.15) is 25.0 Å². The Morgan fingerprint density at radius 1 is 0.500 bits per heavy atom.